The van der Waals surface area contributed by atoms with Crippen molar-refractivity contribution in [2.75, 3.05) is 18.1 Å². The first kappa shape index (κ1) is 18.1. The molecule has 0 radical (unpaired) electrons. The average Bonchev–Trinajstić information content (AvgIpc) is 2.60. The van der Waals surface area contributed by atoms with Gasteiger partial charge in [0, 0.05) is 12.5 Å². The van der Waals surface area contributed by atoms with Gasteiger partial charge in [-0.05, 0) is 17.5 Å². The van der Waals surface area contributed by atoms with E-state index in [1.54, 1.807) is 0 Å². The lowest BCUT2D eigenvalue weighted by Gasteiger charge is -2.18. The van der Waals surface area contributed by atoms with Crippen LogP contribution in [-0.2, 0) is 9.59 Å². The molecule has 2 aromatic rings. The van der Waals surface area contributed by atoms with Gasteiger partial charge in [0.1, 0.15) is 0 Å². The summed E-state index contributed by atoms with van der Waals surface area (Å²) in [4.78, 5) is 22.2. The van der Waals surface area contributed by atoms with Gasteiger partial charge < -0.3 is 10.4 Å². The second-order valence-corrected chi connectivity index (χ2v) is 6.38. The third-order valence-corrected chi connectivity index (χ3v) is 4.54. The summed E-state index contributed by atoms with van der Waals surface area (Å²) < 4.78 is 0. The molecule has 2 N–H and O–H groups in total. The van der Waals surface area contributed by atoms with E-state index in [0.717, 1.165) is 18.2 Å². The number of carboxylic acids is 1. The van der Waals surface area contributed by atoms with Crippen LogP contribution in [0.15, 0.2) is 60.7 Å². The quantitative estimate of drug-likeness (QED) is 0.734. The molecular formula is C19H21NO3S. The van der Waals surface area contributed by atoms with E-state index in [9.17, 15) is 9.59 Å². The molecule has 1 amide bonds. The Morgan fingerprint density at radius 1 is 0.917 bits per heavy atom. The van der Waals surface area contributed by atoms with Crippen molar-refractivity contribution in [2.24, 2.45) is 0 Å². The molecule has 24 heavy (non-hydrogen) atoms. The number of hydrogen-bond donors (Lipinski definition) is 2. The van der Waals surface area contributed by atoms with E-state index in [1.165, 1.54) is 11.1 Å². The summed E-state index contributed by atoms with van der Waals surface area (Å²) in [6.07, 6.45) is 0.795. The number of aliphatic carboxylic acids is 1. The fourth-order valence-corrected chi connectivity index (χ4v) is 3.10. The highest BCUT2D eigenvalue weighted by Gasteiger charge is 2.14. The van der Waals surface area contributed by atoms with Crippen LogP contribution in [0.2, 0.25) is 0 Å². The second kappa shape index (κ2) is 9.78. The Hall–Kier alpha value is -2.27. The number of benzene rings is 2. The van der Waals surface area contributed by atoms with Gasteiger partial charge in [-0.2, -0.15) is 0 Å². The molecule has 0 saturated heterocycles. The molecule has 2 rings (SSSR count). The summed E-state index contributed by atoms with van der Waals surface area (Å²) in [5, 5.41) is 11.4. The van der Waals surface area contributed by atoms with Crippen LogP contribution in [0.4, 0.5) is 0 Å². The largest absolute Gasteiger partial charge is 0.481 e. The molecule has 0 aromatic heterocycles. The van der Waals surface area contributed by atoms with Crippen LogP contribution in [0.5, 0.6) is 0 Å². The summed E-state index contributed by atoms with van der Waals surface area (Å²) in [7, 11) is 0. The Bertz CT molecular complexity index is 607. The predicted octanol–water partition coefficient (Wildman–Crippen LogP) is 3.14. The van der Waals surface area contributed by atoms with Crippen molar-refractivity contribution in [3.8, 4) is 0 Å². The minimum absolute atomic E-state index is 0.0515. The van der Waals surface area contributed by atoms with E-state index in [2.05, 4.69) is 29.6 Å². The first-order chi connectivity index (χ1) is 11.7. The van der Waals surface area contributed by atoms with Gasteiger partial charge in [0.15, 0.2) is 0 Å². The Balaban J connectivity index is 1.90. The zero-order valence-electron chi connectivity index (χ0n) is 13.4. The van der Waals surface area contributed by atoms with Crippen LogP contribution in [0.25, 0.3) is 0 Å². The van der Waals surface area contributed by atoms with Crippen molar-refractivity contribution in [1.82, 2.24) is 5.32 Å². The van der Waals surface area contributed by atoms with Crippen molar-refractivity contribution in [3.05, 3.63) is 71.8 Å². The Morgan fingerprint density at radius 3 is 1.96 bits per heavy atom. The molecular weight excluding hydrogens is 322 g/mol. The maximum Gasteiger partial charge on any atom is 0.313 e. The van der Waals surface area contributed by atoms with Crippen LogP contribution >= 0.6 is 11.8 Å². The molecule has 0 fully saturated rings. The lowest BCUT2D eigenvalue weighted by Crippen LogP contribution is -2.27. The highest BCUT2D eigenvalue weighted by molar-refractivity contribution is 8.00. The molecule has 0 aliphatic rings. The lowest BCUT2D eigenvalue weighted by atomic mass is 9.88. The van der Waals surface area contributed by atoms with Crippen molar-refractivity contribution in [1.29, 1.82) is 0 Å². The van der Waals surface area contributed by atoms with Gasteiger partial charge in [-0.1, -0.05) is 60.7 Å². The van der Waals surface area contributed by atoms with Crippen LogP contribution in [-0.4, -0.2) is 35.0 Å². The van der Waals surface area contributed by atoms with Crippen LogP contribution < -0.4 is 5.32 Å². The van der Waals surface area contributed by atoms with E-state index < -0.39 is 5.97 Å². The summed E-state index contributed by atoms with van der Waals surface area (Å²) in [6.45, 7) is 0.556. The zero-order chi connectivity index (χ0) is 17.2. The van der Waals surface area contributed by atoms with Gasteiger partial charge in [0.2, 0.25) is 5.91 Å². The first-order valence-electron chi connectivity index (χ1n) is 7.83. The normalized spacial score (nSPS) is 10.5. The monoisotopic (exact) mass is 343 g/mol. The van der Waals surface area contributed by atoms with E-state index >= 15 is 0 Å². The maximum atomic E-state index is 11.8. The van der Waals surface area contributed by atoms with Crippen LogP contribution in [0.1, 0.15) is 23.5 Å². The number of hydrogen-bond acceptors (Lipinski definition) is 3. The molecule has 2 aromatic carbocycles. The van der Waals surface area contributed by atoms with Crippen molar-refractivity contribution < 1.29 is 14.7 Å². The third-order valence-electron chi connectivity index (χ3n) is 3.62. The molecule has 4 nitrogen and oxygen atoms in total. The molecule has 126 valence electrons. The average molecular weight is 343 g/mol. The molecule has 0 saturated carbocycles. The molecule has 0 atom stereocenters. The summed E-state index contributed by atoms with van der Waals surface area (Å²) in [6, 6.07) is 20.5. The number of thioether (sulfide) groups is 1. The van der Waals surface area contributed by atoms with E-state index in [1.807, 2.05) is 36.4 Å². The molecule has 0 aliphatic heterocycles. The number of carbonyl (C=O) groups excluding carboxylic acids is 1. The minimum atomic E-state index is -0.902. The molecule has 0 heterocycles. The molecule has 5 heteroatoms. The van der Waals surface area contributed by atoms with Gasteiger partial charge in [0.25, 0.3) is 0 Å². The van der Waals surface area contributed by atoms with Crippen LogP contribution in [0.3, 0.4) is 0 Å². The van der Waals surface area contributed by atoms with E-state index in [4.69, 9.17) is 5.11 Å². The van der Waals surface area contributed by atoms with Crippen molar-refractivity contribution in [2.45, 2.75) is 12.3 Å². The highest BCUT2D eigenvalue weighted by Crippen LogP contribution is 2.27. The molecule has 0 unspecified atom stereocenters. The lowest BCUT2D eigenvalue weighted by molar-refractivity contribution is -0.133. The Labute approximate surface area is 146 Å². The standard InChI is InChI=1S/C19H21NO3S/c21-18(13-24-14-19(22)23)20-12-11-17(15-7-3-1-4-8-15)16-9-5-2-6-10-16/h1-10,17H,11-14H2,(H,20,21)(H,22,23). The van der Waals surface area contributed by atoms with E-state index in [-0.39, 0.29) is 23.3 Å². The van der Waals surface area contributed by atoms with E-state index in [0.29, 0.717) is 6.54 Å². The second-order valence-electron chi connectivity index (χ2n) is 5.40. The minimum Gasteiger partial charge on any atom is -0.481 e. The number of rotatable bonds is 9. The first-order valence-corrected chi connectivity index (χ1v) is 8.98. The Morgan fingerprint density at radius 2 is 1.46 bits per heavy atom. The number of nitrogens with one attached hydrogen (secondary N) is 1. The summed E-state index contributed by atoms with van der Waals surface area (Å²) >= 11 is 1.11. The van der Waals surface area contributed by atoms with Gasteiger partial charge in [-0.15, -0.1) is 11.8 Å². The molecule has 0 spiro atoms. The van der Waals surface area contributed by atoms with Crippen molar-refractivity contribution >= 4 is 23.6 Å². The number of carboxylic acid groups (broad SMARTS) is 1. The van der Waals surface area contributed by atoms with Gasteiger partial charge in [0.05, 0.1) is 11.5 Å². The number of carbonyl (C=O) groups is 2. The summed E-state index contributed by atoms with van der Waals surface area (Å²) in [5.74, 6) is -0.681. The summed E-state index contributed by atoms with van der Waals surface area (Å²) in [5.41, 5.74) is 2.44. The van der Waals surface area contributed by atoms with Crippen molar-refractivity contribution in [3.63, 3.8) is 0 Å². The molecule has 0 bridgehead atoms. The van der Waals surface area contributed by atoms with Gasteiger partial charge in [-0.25, -0.2) is 0 Å². The number of amides is 1. The third kappa shape index (κ3) is 6.08. The predicted molar refractivity (Wildman–Crippen MR) is 97.3 cm³/mol. The van der Waals surface area contributed by atoms with Gasteiger partial charge >= 0.3 is 5.97 Å². The zero-order valence-corrected chi connectivity index (χ0v) is 14.2. The fraction of sp³-hybridized carbons (Fsp3) is 0.263. The smallest absolute Gasteiger partial charge is 0.313 e. The van der Waals surface area contributed by atoms with Crippen LogP contribution in [0, 0.1) is 0 Å². The topological polar surface area (TPSA) is 66.4 Å². The molecule has 0 aliphatic carbocycles. The fourth-order valence-electron chi connectivity index (χ4n) is 2.53. The maximum absolute atomic E-state index is 11.8. The Kier molecular flexibility index (Phi) is 7.36. The van der Waals surface area contributed by atoms with Gasteiger partial charge in [-0.3, -0.25) is 9.59 Å². The SMILES string of the molecule is O=C(O)CSCC(=O)NCCC(c1ccccc1)c1ccccc1. The highest BCUT2D eigenvalue weighted by atomic mass is 32.2.